The highest BCUT2D eigenvalue weighted by atomic mass is 16.3. The Bertz CT molecular complexity index is 1320. The van der Waals surface area contributed by atoms with Gasteiger partial charge in [-0.1, -0.05) is 24.3 Å². The second kappa shape index (κ2) is 13.6. The molecule has 0 saturated carbocycles. The molecule has 0 bridgehead atoms. The lowest BCUT2D eigenvalue weighted by molar-refractivity contribution is 0.233. The second-order valence-corrected chi connectivity index (χ2v) is 10.1. The van der Waals surface area contributed by atoms with Crippen molar-refractivity contribution in [3.8, 4) is 11.5 Å². The third kappa shape index (κ3) is 7.72. The normalized spacial score (nSPS) is 11.3. The highest BCUT2D eigenvalue weighted by molar-refractivity contribution is 5.52. The molecule has 8 heteroatoms. The van der Waals surface area contributed by atoms with Crippen LogP contribution in [0, 0.1) is 6.92 Å². The van der Waals surface area contributed by atoms with Gasteiger partial charge in [-0.15, -0.1) is 0 Å². The fraction of sp³-hybridized carbons (Fsp3) is 0.212. The topological polar surface area (TPSA) is 98.5 Å². The van der Waals surface area contributed by atoms with Crippen LogP contribution in [0.5, 0.6) is 11.5 Å². The van der Waals surface area contributed by atoms with Crippen LogP contribution >= 0.6 is 0 Å². The van der Waals surface area contributed by atoms with Gasteiger partial charge in [0, 0.05) is 80.7 Å². The Kier molecular flexibility index (Phi) is 9.26. The van der Waals surface area contributed by atoms with E-state index >= 15 is 0 Å². The Balaban J connectivity index is 1.43. The average Bonchev–Trinajstić information content (AvgIpc) is 3.00. The molecule has 208 valence electrons. The van der Waals surface area contributed by atoms with Gasteiger partial charge in [0.2, 0.25) is 0 Å². The van der Waals surface area contributed by atoms with E-state index < -0.39 is 0 Å². The number of benzene rings is 1. The van der Waals surface area contributed by atoms with Crippen molar-refractivity contribution in [1.82, 2.24) is 29.7 Å². The van der Waals surface area contributed by atoms with Gasteiger partial charge in [0.05, 0.1) is 22.8 Å². The molecule has 8 nitrogen and oxygen atoms in total. The highest BCUT2D eigenvalue weighted by Crippen LogP contribution is 2.35. The molecule has 41 heavy (non-hydrogen) atoms. The SMILES string of the molecule is Cc1c(O)c(CN(Cc2ccccn2)Cc2ccccn2)cc(CN(Cc2ccccn2)Cc2ccccn2)c1O. The van der Waals surface area contributed by atoms with Gasteiger partial charge in [0.15, 0.2) is 0 Å². The molecule has 5 aromatic rings. The van der Waals surface area contributed by atoms with Crippen molar-refractivity contribution in [2.75, 3.05) is 0 Å². The molecule has 1 aromatic carbocycles. The van der Waals surface area contributed by atoms with Crippen molar-refractivity contribution in [1.29, 1.82) is 0 Å². The van der Waals surface area contributed by atoms with Gasteiger partial charge in [-0.2, -0.15) is 0 Å². The zero-order chi connectivity index (χ0) is 28.4. The summed E-state index contributed by atoms with van der Waals surface area (Å²) in [4.78, 5) is 22.4. The first-order valence-electron chi connectivity index (χ1n) is 13.6. The van der Waals surface area contributed by atoms with Crippen LogP contribution in [0.2, 0.25) is 0 Å². The molecule has 0 unspecified atom stereocenters. The van der Waals surface area contributed by atoms with E-state index in [4.69, 9.17) is 0 Å². The summed E-state index contributed by atoms with van der Waals surface area (Å²) in [5.41, 5.74) is 5.64. The molecule has 4 aromatic heterocycles. The molecule has 0 aliphatic carbocycles. The molecular formula is C33H34N6O2. The van der Waals surface area contributed by atoms with Crippen LogP contribution in [0.25, 0.3) is 0 Å². The first-order valence-corrected chi connectivity index (χ1v) is 13.6. The zero-order valence-electron chi connectivity index (χ0n) is 23.1. The van der Waals surface area contributed by atoms with Gasteiger partial charge in [0.25, 0.3) is 0 Å². The van der Waals surface area contributed by atoms with E-state index in [1.54, 1.807) is 31.7 Å². The molecule has 0 radical (unpaired) electrons. The van der Waals surface area contributed by atoms with Crippen molar-refractivity contribution in [3.05, 3.63) is 143 Å². The molecular weight excluding hydrogens is 512 g/mol. The maximum Gasteiger partial charge on any atom is 0.126 e. The van der Waals surface area contributed by atoms with Crippen LogP contribution in [0.15, 0.2) is 104 Å². The minimum atomic E-state index is 0.0966. The Morgan fingerprint density at radius 2 is 0.805 bits per heavy atom. The van der Waals surface area contributed by atoms with Gasteiger partial charge in [-0.3, -0.25) is 29.7 Å². The number of phenolic OH excluding ortho intramolecular Hbond substituents is 2. The maximum atomic E-state index is 11.1. The summed E-state index contributed by atoms with van der Waals surface area (Å²) in [6.45, 7) is 4.98. The summed E-state index contributed by atoms with van der Waals surface area (Å²) in [7, 11) is 0. The predicted octanol–water partition coefficient (Wildman–Crippen LogP) is 5.39. The quantitative estimate of drug-likeness (QED) is 0.215. The fourth-order valence-electron chi connectivity index (χ4n) is 4.88. The maximum absolute atomic E-state index is 11.1. The van der Waals surface area contributed by atoms with Gasteiger partial charge < -0.3 is 10.2 Å². The first kappa shape index (κ1) is 27.9. The van der Waals surface area contributed by atoms with Crippen LogP contribution in [0.3, 0.4) is 0 Å². The molecule has 0 spiro atoms. The monoisotopic (exact) mass is 546 g/mol. The lowest BCUT2D eigenvalue weighted by Crippen LogP contribution is -2.25. The molecule has 5 rings (SSSR count). The molecule has 2 N–H and O–H groups in total. The number of aromatic hydroxyl groups is 2. The summed E-state index contributed by atoms with van der Waals surface area (Å²) in [5.74, 6) is 0.193. The van der Waals surface area contributed by atoms with Crippen LogP contribution in [-0.4, -0.2) is 39.9 Å². The van der Waals surface area contributed by atoms with Gasteiger partial charge in [-0.05, 0) is 61.5 Å². The number of pyridine rings is 4. The molecule has 0 saturated heterocycles. The second-order valence-electron chi connectivity index (χ2n) is 10.1. The van der Waals surface area contributed by atoms with Crippen LogP contribution in [0.1, 0.15) is 39.5 Å². The van der Waals surface area contributed by atoms with Crippen molar-refractivity contribution >= 4 is 0 Å². The Hall–Kier alpha value is -4.66. The average molecular weight is 547 g/mol. The molecule has 0 aliphatic rings. The van der Waals surface area contributed by atoms with Crippen molar-refractivity contribution in [2.45, 2.75) is 46.2 Å². The molecule has 0 aliphatic heterocycles. The Morgan fingerprint density at radius 1 is 0.488 bits per heavy atom. The van der Waals surface area contributed by atoms with Crippen molar-refractivity contribution in [2.24, 2.45) is 0 Å². The van der Waals surface area contributed by atoms with E-state index in [2.05, 4.69) is 29.7 Å². The van der Waals surface area contributed by atoms with E-state index in [-0.39, 0.29) is 11.5 Å². The molecule has 4 heterocycles. The van der Waals surface area contributed by atoms with Gasteiger partial charge in [0.1, 0.15) is 11.5 Å². The Labute approximate surface area is 240 Å². The number of phenols is 2. The molecule has 0 atom stereocenters. The minimum absolute atomic E-state index is 0.0966. The summed E-state index contributed by atoms with van der Waals surface area (Å²) in [5, 5.41) is 22.3. The first-order chi connectivity index (χ1) is 20.0. The Morgan fingerprint density at radius 3 is 1.07 bits per heavy atom. The molecule has 0 fully saturated rings. The predicted molar refractivity (Wildman–Crippen MR) is 157 cm³/mol. The van der Waals surface area contributed by atoms with Crippen molar-refractivity contribution in [3.63, 3.8) is 0 Å². The number of hydrogen-bond acceptors (Lipinski definition) is 8. The van der Waals surface area contributed by atoms with Crippen LogP contribution in [0.4, 0.5) is 0 Å². The number of rotatable bonds is 12. The van der Waals surface area contributed by atoms with Crippen LogP contribution < -0.4 is 0 Å². The number of aromatic nitrogens is 4. The highest BCUT2D eigenvalue weighted by Gasteiger charge is 2.20. The van der Waals surface area contributed by atoms with Gasteiger partial charge >= 0.3 is 0 Å². The lowest BCUT2D eigenvalue weighted by atomic mass is 10.0. The standard InChI is InChI=1S/C33H34N6O2/c1-25-32(40)26(19-38(21-28-10-2-6-14-34-28)22-29-11-3-7-15-35-29)18-27(33(25)41)20-39(23-30-12-4-8-16-36-30)24-31-13-5-9-17-37-31/h2-18,40-41H,19-24H2,1H3. The van der Waals surface area contributed by atoms with E-state index in [0.717, 1.165) is 33.9 Å². The van der Waals surface area contributed by atoms with E-state index in [1.165, 1.54) is 0 Å². The zero-order valence-corrected chi connectivity index (χ0v) is 23.1. The van der Waals surface area contributed by atoms with E-state index in [9.17, 15) is 10.2 Å². The number of nitrogens with zero attached hydrogens (tertiary/aromatic N) is 6. The smallest absolute Gasteiger partial charge is 0.126 e. The van der Waals surface area contributed by atoms with Crippen LogP contribution in [-0.2, 0) is 39.3 Å². The molecule has 0 amide bonds. The summed E-state index contributed by atoms with van der Waals surface area (Å²) >= 11 is 0. The van der Waals surface area contributed by atoms with Gasteiger partial charge in [-0.25, -0.2) is 0 Å². The van der Waals surface area contributed by atoms with E-state index in [0.29, 0.717) is 44.8 Å². The third-order valence-corrected chi connectivity index (χ3v) is 6.90. The lowest BCUT2D eigenvalue weighted by Gasteiger charge is -2.26. The van der Waals surface area contributed by atoms with E-state index in [1.807, 2.05) is 78.9 Å². The summed E-state index contributed by atoms with van der Waals surface area (Å²) < 4.78 is 0. The largest absolute Gasteiger partial charge is 0.507 e. The van der Waals surface area contributed by atoms with Crippen molar-refractivity contribution < 1.29 is 10.2 Å². The minimum Gasteiger partial charge on any atom is -0.507 e. The number of hydrogen-bond donors (Lipinski definition) is 2. The fourth-order valence-corrected chi connectivity index (χ4v) is 4.88. The summed E-state index contributed by atoms with van der Waals surface area (Å²) in [6, 6.07) is 25.4. The summed E-state index contributed by atoms with van der Waals surface area (Å²) in [6.07, 6.45) is 7.14. The third-order valence-electron chi connectivity index (χ3n) is 6.90.